The Morgan fingerprint density at radius 1 is 1.33 bits per heavy atom. The fourth-order valence-electron chi connectivity index (χ4n) is 3.23. The third-order valence-electron chi connectivity index (χ3n) is 4.43. The second-order valence-electron chi connectivity index (χ2n) is 7.10. The van der Waals surface area contributed by atoms with E-state index in [9.17, 15) is 9.90 Å². The van der Waals surface area contributed by atoms with Crippen LogP contribution in [0.3, 0.4) is 0 Å². The van der Waals surface area contributed by atoms with E-state index in [2.05, 4.69) is 34.5 Å². The average Bonchev–Trinajstić information content (AvgIpc) is 2.53. The zero-order chi connectivity index (χ0) is 17.5. The molecule has 1 fully saturated rings. The van der Waals surface area contributed by atoms with Gasteiger partial charge in [-0.05, 0) is 45.7 Å². The number of urea groups is 1. The summed E-state index contributed by atoms with van der Waals surface area (Å²) in [4.78, 5) is 16.6. The van der Waals surface area contributed by atoms with Gasteiger partial charge in [0.05, 0.1) is 6.10 Å². The number of piperidine rings is 1. The molecule has 0 aliphatic carbocycles. The quantitative estimate of drug-likeness (QED) is 0.841. The number of nitrogens with one attached hydrogen (secondary N) is 1. The summed E-state index contributed by atoms with van der Waals surface area (Å²) in [5.74, 6) is 0. The Kier molecular flexibility index (Phi) is 7.06. The fourth-order valence-corrected chi connectivity index (χ4v) is 3.23. The smallest absolute Gasteiger partial charge is 0.317 e. The van der Waals surface area contributed by atoms with Crippen molar-refractivity contribution in [2.24, 2.45) is 0 Å². The normalized spacial score (nSPS) is 20.0. The van der Waals surface area contributed by atoms with Crippen molar-refractivity contribution in [3.05, 3.63) is 35.9 Å². The van der Waals surface area contributed by atoms with Crippen molar-refractivity contribution in [3.63, 3.8) is 0 Å². The molecule has 2 N–H and O–H groups in total. The first-order valence-corrected chi connectivity index (χ1v) is 8.97. The number of carbonyl (C=O) groups is 1. The fraction of sp³-hybridized carbons (Fsp3) is 0.632. The van der Waals surface area contributed by atoms with E-state index in [1.54, 1.807) is 11.8 Å². The van der Waals surface area contributed by atoms with Crippen LogP contribution in [0.5, 0.6) is 0 Å². The zero-order valence-corrected chi connectivity index (χ0v) is 15.1. The molecule has 1 saturated heterocycles. The number of benzene rings is 1. The lowest BCUT2D eigenvalue weighted by Gasteiger charge is -2.35. The van der Waals surface area contributed by atoms with Gasteiger partial charge in [0, 0.05) is 31.7 Å². The summed E-state index contributed by atoms with van der Waals surface area (Å²) >= 11 is 0. The monoisotopic (exact) mass is 333 g/mol. The Bertz CT molecular complexity index is 505. The van der Waals surface area contributed by atoms with Gasteiger partial charge in [0.2, 0.25) is 0 Å². The van der Waals surface area contributed by atoms with Crippen LogP contribution in [0.4, 0.5) is 4.79 Å². The highest BCUT2D eigenvalue weighted by molar-refractivity contribution is 5.74. The second-order valence-corrected chi connectivity index (χ2v) is 7.10. The molecule has 0 bridgehead atoms. The molecule has 0 spiro atoms. The maximum Gasteiger partial charge on any atom is 0.317 e. The number of aliphatic hydroxyl groups excluding tert-OH is 1. The Morgan fingerprint density at radius 2 is 2.04 bits per heavy atom. The summed E-state index contributed by atoms with van der Waals surface area (Å²) in [7, 11) is 0. The Balaban J connectivity index is 1.88. The maximum absolute atomic E-state index is 12.5. The van der Waals surface area contributed by atoms with Gasteiger partial charge in [-0.3, -0.25) is 4.90 Å². The number of aliphatic hydroxyl groups is 1. The van der Waals surface area contributed by atoms with Crippen molar-refractivity contribution in [2.45, 2.75) is 58.3 Å². The molecule has 5 heteroatoms. The van der Waals surface area contributed by atoms with Crippen LogP contribution in [-0.4, -0.2) is 58.8 Å². The summed E-state index contributed by atoms with van der Waals surface area (Å²) in [6, 6.07) is 10.6. The van der Waals surface area contributed by atoms with Gasteiger partial charge in [0.1, 0.15) is 0 Å². The summed E-state index contributed by atoms with van der Waals surface area (Å²) < 4.78 is 0. The van der Waals surface area contributed by atoms with Crippen molar-refractivity contribution in [1.29, 1.82) is 0 Å². The first-order chi connectivity index (χ1) is 11.5. The van der Waals surface area contributed by atoms with Crippen molar-refractivity contribution in [3.8, 4) is 0 Å². The number of hydrogen-bond acceptors (Lipinski definition) is 3. The molecular formula is C19H31N3O2. The highest BCUT2D eigenvalue weighted by Gasteiger charge is 2.25. The van der Waals surface area contributed by atoms with E-state index in [0.29, 0.717) is 6.54 Å². The Hall–Kier alpha value is -1.59. The van der Waals surface area contributed by atoms with E-state index >= 15 is 0 Å². The number of hydrogen-bond donors (Lipinski definition) is 2. The van der Waals surface area contributed by atoms with Gasteiger partial charge in [-0.1, -0.05) is 30.3 Å². The molecule has 2 rings (SSSR count). The molecule has 1 heterocycles. The summed E-state index contributed by atoms with van der Waals surface area (Å²) in [6.07, 6.45) is 1.59. The SMILES string of the molecule is CC(O)CN(C(=O)NC1CCCN(Cc2ccccc2)C1)C(C)C. The molecule has 2 atom stereocenters. The lowest BCUT2D eigenvalue weighted by Crippen LogP contribution is -2.53. The van der Waals surface area contributed by atoms with Crippen LogP contribution in [0, 0.1) is 0 Å². The van der Waals surface area contributed by atoms with Crippen LogP contribution in [0.25, 0.3) is 0 Å². The molecule has 2 unspecified atom stereocenters. The van der Waals surface area contributed by atoms with Crippen molar-refractivity contribution >= 4 is 6.03 Å². The third kappa shape index (κ3) is 5.80. The van der Waals surface area contributed by atoms with E-state index in [1.165, 1.54) is 5.56 Å². The Morgan fingerprint density at radius 3 is 2.67 bits per heavy atom. The summed E-state index contributed by atoms with van der Waals surface area (Å²) in [5.41, 5.74) is 1.31. The van der Waals surface area contributed by atoms with Crippen molar-refractivity contribution in [2.75, 3.05) is 19.6 Å². The number of carbonyl (C=O) groups excluding carboxylic acids is 1. The van der Waals surface area contributed by atoms with E-state index < -0.39 is 6.10 Å². The first kappa shape index (κ1) is 18.7. The molecule has 24 heavy (non-hydrogen) atoms. The molecular weight excluding hydrogens is 302 g/mol. The lowest BCUT2D eigenvalue weighted by atomic mass is 10.0. The van der Waals surface area contributed by atoms with Crippen LogP contribution >= 0.6 is 0 Å². The van der Waals surface area contributed by atoms with E-state index in [-0.39, 0.29) is 18.1 Å². The van der Waals surface area contributed by atoms with Gasteiger partial charge < -0.3 is 15.3 Å². The minimum absolute atomic E-state index is 0.0718. The summed E-state index contributed by atoms with van der Waals surface area (Å²) in [6.45, 7) is 8.91. The van der Waals surface area contributed by atoms with Gasteiger partial charge in [-0.2, -0.15) is 0 Å². The predicted octanol–water partition coefficient (Wildman–Crippen LogP) is 2.45. The van der Waals surface area contributed by atoms with Crippen molar-refractivity contribution < 1.29 is 9.90 Å². The summed E-state index contributed by atoms with van der Waals surface area (Å²) in [5, 5.41) is 12.8. The predicted molar refractivity (Wildman–Crippen MR) is 96.8 cm³/mol. The largest absolute Gasteiger partial charge is 0.392 e. The molecule has 0 aromatic heterocycles. The van der Waals surface area contributed by atoms with Crippen LogP contribution in [0.15, 0.2) is 30.3 Å². The molecule has 1 aromatic rings. The molecule has 1 aromatic carbocycles. The number of rotatable bonds is 6. The topological polar surface area (TPSA) is 55.8 Å². The standard InChI is InChI=1S/C19H31N3O2/c1-15(2)22(12-16(3)23)19(24)20-18-10-7-11-21(14-18)13-17-8-5-4-6-9-17/h4-6,8-9,15-16,18,23H,7,10-14H2,1-3H3,(H,20,24). The highest BCUT2D eigenvalue weighted by atomic mass is 16.3. The zero-order valence-electron chi connectivity index (χ0n) is 15.1. The average molecular weight is 333 g/mol. The first-order valence-electron chi connectivity index (χ1n) is 8.97. The number of amides is 2. The maximum atomic E-state index is 12.5. The minimum Gasteiger partial charge on any atom is -0.392 e. The molecule has 0 saturated carbocycles. The van der Waals surface area contributed by atoms with Gasteiger partial charge >= 0.3 is 6.03 Å². The third-order valence-corrected chi connectivity index (χ3v) is 4.43. The van der Waals surface area contributed by atoms with E-state index in [4.69, 9.17) is 0 Å². The molecule has 2 amide bonds. The number of nitrogens with zero attached hydrogens (tertiary/aromatic N) is 2. The molecule has 1 aliphatic rings. The van der Waals surface area contributed by atoms with Crippen LogP contribution in [0.1, 0.15) is 39.2 Å². The number of likely N-dealkylation sites (tertiary alicyclic amines) is 1. The highest BCUT2D eigenvalue weighted by Crippen LogP contribution is 2.14. The van der Waals surface area contributed by atoms with Crippen molar-refractivity contribution in [1.82, 2.24) is 15.1 Å². The second kappa shape index (κ2) is 9.04. The van der Waals surface area contributed by atoms with E-state index in [0.717, 1.165) is 32.5 Å². The van der Waals surface area contributed by atoms with Gasteiger partial charge in [-0.15, -0.1) is 0 Å². The van der Waals surface area contributed by atoms with Crippen LogP contribution in [0.2, 0.25) is 0 Å². The van der Waals surface area contributed by atoms with Gasteiger partial charge in [0.15, 0.2) is 0 Å². The molecule has 1 aliphatic heterocycles. The minimum atomic E-state index is -0.515. The van der Waals surface area contributed by atoms with Gasteiger partial charge in [0.25, 0.3) is 0 Å². The van der Waals surface area contributed by atoms with E-state index in [1.807, 2.05) is 19.9 Å². The molecule has 5 nitrogen and oxygen atoms in total. The molecule has 0 radical (unpaired) electrons. The van der Waals surface area contributed by atoms with Gasteiger partial charge in [-0.25, -0.2) is 4.79 Å². The van der Waals surface area contributed by atoms with Crippen LogP contribution < -0.4 is 5.32 Å². The molecule has 134 valence electrons. The lowest BCUT2D eigenvalue weighted by molar-refractivity contribution is 0.112. The van der Waals surface area contributed by atoms with Crippen LogP contribution in [-0.2, 0) is 6.54 Å². The Labute approximate surface area is 145 Å².